The lowest BCUT2D eigenvalue weighted by Crippen LogP contribution is -1.98. The van der Waals surface area contributed by atoms with Gasteiger partial charge < -0.3 is 10.1 Å². The topological polar surface area (TPSA) is 51.2 Å². The van der Waals surface area contributed by atoms with Gasteiger partial charge in [-0.25, -0.2) is 9.78 Å². The Kier molecular flexibility index (Phi) is 7.69. The van der Waals surface area contributed by atoms with E-state index in [2.05, 4.69) is 41.5 Å². The molecule has 0 aliphatic heterocycles. The number of hydrogen-bond acceptors (Lipinski definition) is 7. The molecule has 4 nitrogen and oxygen atoms in total. The Morgan fingerprint density at radius 1 is 1.31 bits per heavy atom. The third kappa shape index (κ3) is 4.88. The van der Waals surface area contributed by atoms with Gasteiger partial charge in [0.15, 0.2) is 5.13 Å². The molecule has 1 aromatic carbocycles. The number of carbonyl (C=O) groups excluding carboxylic acids is 1. The van der Waals surface area contributed by atoms with Gasteiger partial charge in [0.05, 0.1) is 17.0 Å². The van der Waals surface area contributed by atoms with E-state index in [9.17, 15) is 4.79 Å². The van der Waals surface area contributed by atoms with Crippen molar-refractivity contribution >= 4 is 62.5 Å². The van der Waals surface area contributed by atoms with Crippen molar-refractivity contribution in [1.82, 2.24) is 4.98 Å². The van der Waals surface area contributed by atoms with Gasteiger partial charge in [0.25, 0.3) is 0 Å². The molecule has 0 spiro atoms. The van der Waals surface area contributed by atoms with E-state index in [4.69, 9.17) is 4.74 Å². The Bertz CT molecular complexity index is 875. The van der Waals surface area contributed by atoms with Gasteiger partial charge in [-0.3, -0.25) is 0 Å². The van der Waals surface area contributed by atoms with Gasteiger partial charge in [-0.2, -0.15) is 0 Å². The molecule has 3 rings (SSSR count). The normalized spacial score (nSPS) is 10.3. The van der Waals surface area contributed by atoms with Crippen molar-refractivity contribution in [2.75, 3.05) is 18.7 Å². The summed E-state index contributed by atoms with van der Waals surface area (Å²) in [6, 6.07) is 10.3. The van der Waals surface area contributed by atoms with E-state index < -0.39 is 0 Å². The first-order valence-corrected chi connectivity index (χ1v) is 10.5. The second-order valence-corrected chi connectivity index (χ2v) is 8.37. The van der Waals surface area contributed by atoms with Crippen LogP contribution in [-0.4, -0.2) is 24.3 Å². The SMILES string of the molecule is Br.COC(=O)c1cc(-c2csc(NCc3ccc(C)cc3)n2)c(SC)s1. The van der Waals surface area contributed by atoms with Crippen LogP contribution in [0.2, 0.25) is 0 Å². The summed E-state index contributed by atoms with van der Waals surface area (Å²) in [6.45, 7) is 2.82. The number of nitrogens with zero attached hydrogens (tertiary/aromatic N) is 1. The van der Waals surface area contributed by atoms with Crippen LogP contribution in [0.5, 0.6) is 0 Å². The standard InChI is InChI=1S/C18H18N2O2S3.BrH/c1-11-4-6-12(7-5-11)9-19-18-20-14(10-24-18)13-8-15(16(21)22-2)25-17(13)23-3;/h4-8,10H,9H2,1-3H3,(H,19,20);1H. The molecular formula is C18H19BrN2O2S3. The molecule has 0 radical (unpaired) electrons. The van der Waals surface area contributed by atoms with Gasteiger partial charge in [0, 0.05) is 17.5 Å². The first-order valence-electron chi connectivity index (χ1n) is 7.62. The monoisotopic (exact) mass is 470 g/mol. The average molecular weight is 471 g/mol. The summed E-state index contributed by atoms with van der Waals surface area (Å²) in [5.74, 6) is -0.306. The van der Waals surface area contributed by atoms with E-state index in [0.29, 0.717) is 4.88 Å². The summed E-state index contributed by atoms with van der Waals surface area (Å²) in [6.07, 6.45) is 2.00. The van der Waals surface area contributed by atoms with Crippen LogP contribution >= 0.6 is 51.4 Å². The number of thiophene rings is 1. The van der Waals surface area contributed by atoms with Crippen molar-refractivity contribution < 1.29 is 9.53 Å². The number of thiazole rings is 1. The van der Waals surface area contributed by atoms with Gasteiger partial charge in [0.1, 0.15) is 4.88 Å². The molecule has 0 fully saturated rings. The van der Waals surface area contributed by atoms with Gasteiger partial charge in [-0.05, 0) is 24.8 Å². The minimum atomic E-state index is -0.306. The van der Waals surface area contributed by atoms with E-state index in [1.165, 1.54) is 29.6 Å². The number of halogens is 1. The average Bonchev–Trinajstić information content (AvgIpc) is 3.27. The van der Waals surface area contributed by atoms with Crippen LogP contribution in [-0.2, 0) is 11.3 Å². The summed E-state index contributed by atoms with van der Waals surface area (Å²) in [4.78, 5) is 17.0. The lowest BCUT2D eigenvalue weighted by Gasteiger charge is -2.03. The highest BCUT2D eigenvalue weighted by Crippen LogP contribution is 2.39. The highest BCUT2D eigenvalue weighted by molar-refractivity contribution is 8.93. The fraction of sp³-hybridized carbons (Fsp3) is 0.222. The quantitative estimate of drug-likeness (QED) is 0.360. The van der Waals surface area contributed by atoms with Crippen molar-refractivity contribution in [3.05, 3.63) is 51.7 Å². The number of aromatic nitrogens is 1. The third-order valence-electron chi connectivity index (χ3n) is 3.61. The molecule has 0 aliphatic carbocycles. The second kappa shape index (κ2) is 9.55. The fourth-order valence-corrected chi connectivity index (χ4v) is 4.78. The summed E-state index contributed by atoms with van der Waals surface area (Å²) in [5.41, 5.74) is 4.34. The first kappa shape index (κ1) is 21.0. The van der Waals surface area contributed by atoms with Crippen LogP contribution in [0.4, 0.5) is 5.13 Å². The maximum absolute atomic E-state index is 11.8. The second-order valence-electron chi connectivity index (χ2n) is 5.38. The molecule has 8 heteroatoms. The molecule has 0 aliphatic rings. The predicted octanol–water partition coefficient (Wildman–Crippen LogP) is 5.88. The molecule has 1 N–H and O–H groups in total. The van der Waals surface area contributed by atoms with Crippen LogP contribution in [0.15, 0.2) is 39.9 Å². The molecule has 3 aromatic rings. The van der Waals surface area contributed by atoms with E-state index in [1.54, 1.807) is 23.1 Å². The van der Waals surface area contributed by atoms with E-state index in [1.807, 2.05) is 17.7 Å². The van der Waals surface area contributed by atoms with Crippen LogP contribution in [0.1, 0.15) is 20.8 Å². The number of anilines is 1. The molecule has 2 heterocycles. The number of nitrogens with one attached hydrogen (secondary N) is 1. The number of thioether (sulfide) groups is 1. The maximum atomic E-state index is 11.8. The lowest BCUT2D eigenvalue weighted by molar-refractivity contribution is 0.0606. The summed E-state index contributed by atoms with van der Waals surface area (Å²) >= 11 is 4.62. The number of benzene rings is 1. The van der Waals surface area contributed by atoms with Crippen LogP contribution in [0, 0.1) is 6.92 Å². The third-order valence-corrected chi connectivity index (χ3v) is 6.66. The molecule has 0 bridgehead atoms. The molecule has 0 amide bonds. The predicted molar refractivity (Wildman–Crippen MR) is 117 cm³/mol. The number of aryl methyl sites for hydroxylation is 1. The molecule has 138 valence electrons. The molecule has 2 aromatic heterocycles. The fourth-order valence-electron chi connectivity index (χ4n) is 2.27. The summed E-state index contributed by atoms with van der Waals surface area (Å²) in [7, 11) is 1.40. The number of rotatable bonds is 6. The van der Waals surface area contributed by atoms with Crippen LogP contribution in [0.3, 0.4) is 0 Å². The summed E-state index contributed by atoms with van der Waals surface area (Å²) in [5, 5.41) is 6.24. The zero-order valence-corrected chi connectivity index (χ0v) is 18.7. The van der Waals surface area contributed by atoms with E-state index >= 15 is 0 Å². The molecule has 0 saturated heterocycles. The molecule has 26 heavy (non-hydrogen) atoms. The first-order chi connectivity index (χ1) is 12.1. The van der Waals surface area contributed by atoms with Gasteiger partial charge in [0.2, 0.25) is 0 Å². The number of ether oxygens (including phenoxy) is 1. The Balaban J connectivity index is 0.00000243. The number of hydrogen-bond donors (Lipinski definition) is 1. The maximum Gasteiger partial charge on any atom is 0.348 e. The van der Waals surface area contributed by atoms with Crippen molar-refractivity contribution in [3.8, 4) is 11.3 Å². The Morgan fingerprint density at radius 2 is 2.04 bits per heavy atom. The number of carbonyl (C=O) groups is 1. The zero-order chi connectivity index (χ0) is 17.8. The van der Waals surface area contributed by atoms with Crippen molar-refractivity contribution in [1.29, 1.82) is 0 Å². The molecule has 0 atom stereocenters. The van der Waals surface area contributed by atoms with Crippen LogP contribution in [0.25, 0.3) is 11.3 Å². The Hall–Kier alpha value is -1.35. The number of methoxy groups -OCH3 is 1. The number of esters is 1. The molecule has 0 unspecified atom stereocenters. The highest BCUT2D eigenvalue weighted by Gasteiger charge is 2.17. The van der Waals surface area contributed by atoms with Crippen molar-refractivity contribution in [2.24, 2.45) is 0 Å². The van der Waals surface area contributed by atoms with Gasteiger partial charge in [-0.15, -0.1) is 51.4 Å². The smallest absolute Gasteiger partial charge is 0.348 e. The minimum absolute atomic E-state index is 0. The lowest BCUT2D eigenvalue weighted by atomic mass is 10.1. The Labute approximate surface area is 175 Å². The zero-order valence-electron chi connectivity index (χ0n) is 14.6. The van der Waals surface area contributed by atoms with E-state index in [0.717, 1.165) is 27.1 Å². The van der Waals surface area contributed by atoms with Crippen molar-refractivity contribution in [3.63, 3.8) is 0 Å². The molecular weight excluding hydrogens is 452 g/mol. The van der Waals surface area contributed by atoms with Crippen molar-refractivity contribution in [2.45, 2.75) is 17.7 Å². The Morgan fingerprint density at radius 3 is 2.69 bits per heavy atom. The van der Waals surface area contributed by atoms with Crippen LogP contribution < -0.4 is 5.32 Å². The highest BCUT2D eigenvalue weighted by atomic mass is 79.9. The molecule has 0 saturated carbocycles. The minimum Gasteiger partial charge on any atom is -0.465 e. The van der Waals surface area contributed by atoms with Gasteiger partial charge in [-0.1, -0.05) is 29.8 Å². The van der Waals surface area contributed by atoms with Gasteiger partial charge >= 0.3 is 5.97 Å². The summed E-state index contributed by atoms with van der Waals surface area (Å²) < 4.78 is 5.88. The largest absolute Gasteiger partial charge is 0.465 e. The van der Waals surface area contributed by atoms with E-state index in [-0.39, 0.29) is 23.0 Å².